The quantitative estimate of drug-likeness (QED) is 0.502. The highest BCUT2D eigenvalue weighted by molar-refractivity contribution is 7.99. The lowest BCUT2D eigenvalue weighted by Crippen LogP contribution is -2.32. The molecule has 4 rings (SSSR count). The summed E-state index contributed by atoms with van der Waals surface area (Å²) >= 11 is 1.50. The van der Waals surface area contributed by atoms with E-state index in [-0.39, 0.29) is 0 Å². The normalized spacial score (nSPS) is 12.7. The minimum absolute atomic E-state index is 0.562. The third-order valence-corrected chi connectivity index (χ3v) is 5.59. The summed E-state index contributed by atoms with van der Waals surface area (Å²) in [6.45, 7) is -0.696. The number of hydrogen-bond acceptors (Lipinski definition) is 4. The molecule has 8 heteroatoms. The van der Waals surface area contributed by atoms with Crippen LogP contribution in [0.15, 0.2) is 82.6 Å². The standard InChI is InChI=1S/C22H14F3NO3S/c23-22(24,25)15-8-2-1-7-14(15)21(28)29-13-20(27)26-16-9-3-5-11-18(16)30-19-12-6-4-10-17(19)26/h1-12H,13H2. The maximum absolute atomic E-state index is 13.1. The van der Waals surface area contributed by atoms with Crippen molar-refractivity contribution in [2.75, 3.05) is 11.5 Å². The van der Waals surface area contributed by atoms with Crippen LogP contribution in [0.2, 0.25) is 0 Å². The summed E-state index contributed by atoms with van der Waals surface area (Å²) in [4.78, 5) is 28.4. The van der Waals surface area contributed by atoms with Crippen molar-refractivity contribution in [2.45, 2.75) is 16.0 Å². The van der Waals surface area contributed by atoms with Crippen molar-refractivity contribution in [1.82, 2.24) is 0 Å². The van der Waals surface area contributed by atoms with Crippen molar-refractivity contribution in [1.29, 1.82) is 0 Å². The molecule has 0 N–H and O–H groups in total. The van der Waals surface area contributed by atoms with Crippen molar-refractivity contribution < 1.29 is 27.5 Å². The molecule has 1 aliphatic heterocycles. The number of benzene rings is 3. The zero-order chi connectivity index (χ0) is 21.3. The molecule has 1 aliphatic rings. The Bertz CT molecular complexity index is 1080. The Labute approximate surface area is 174 Å². The lowest BCUT2D eigenvalue weighted by molar-refractivity contribution is -0.138. The van der Waals surface area contributed by atoms with Crippen molar-refractivity contribution in [3.05, 3.63) is 83.9 Å². The summed E-state index contributed by atoms with van der Waals surface area (Å²) in [6.07, 6.45) is -4.71. The molecule has 0 spiro atoms. The Balaban J connectivity index is 1.58. The van der Waals surface area contributed by atoms with Crippen LogP contribution in [0.25, 0.3) is 0 Å². The highest BCUT2D eigenvalue weighted by Gasteiger charge is 2.36. The number of esters is 1. The maximum Gasteiger partial charge on any atom is 0.417 e. The number of rotatable bonds is 3. The molecule has 0 saturated carbocycles. The van der Waals surface area contributed by atoms with Crippen LogP contribution in [0, 0.1) is 0 Å². The largest absolute Gasteiger partial charge is 0.452 e. The summed E-state index contributed by atoms with van der Waals surface area (Å²) in [6, 6.07) is 18.8. The first-order chi connectivity index (χ1) is 14.4. The average Bonchev–Trinajstić information content (AvgIpc) is 2.75. The molecule has 1 amide bonds. The lowest BCUT2D eigenvalue weighted by Gasteiger charge is -2.30. The first-order valence-electron chi connectivity index (χ1n) is 8.88. The van der Waals surface area contributed by atoms with Gasteiger partial charge in [-0.1, -0.05) is 48.2 Å². The monoisotopic (exact) mass is 429 g/mol. The van der Waals surface area contributed by atoms with Crippen molar-refractivity contribution in [3.63, 3.8) is 0 Å². The maximum atomic E-state index is 13.1. The summed E-state index contributed by atoms with van der Waals surface area (Å²) in [5.74, 6) is -1.77. The van der Waals surface area contributed by atoms with E-state index >= 15 is 0 Å². The third-order valence-electron chi connectivity index (χ3n) is 4.46. The molecule has 1 heterocycles. The Kier molecular flexibility index (Phi) is 5.26. The number of anilines is 2. The Morgan fingerprint density at radius 1 is 0.833 bits per heavy atom. The molecule has 0 unspecified atom stereocenters. The zero-order valence-electron chi connectivity index (χ0n) is 15.3. The number of fused-ring (bicyclic) bond motifs is 2. The second-order valence-corrected chi connectivity index (χ2v) is 7.47. The number of carbonyl (C=O) groups excluding carboxylic acids is 2. The first-order valence-corrected chi connectivity index (χ1v) is 9.70. The minimum atomic E-state index is -4.71. The first kappa shape index (κ1) is 20.0. The topological polar surface area (TPSA) is 46.6 Å². The van der Waals surface area contributed by atoms with Crippen molar-refractivity contribution >= 4 is 35.0 Å². The highest BCUT2D eigenvalue weighted by atomic mass is 32.2. The van der Waals surface area contributed by atoms with Gasteiger partial charge in [0.15, 0.2) is 6.61 Å². The van der Waals surface area contributed by atoms with Gasteiger partial charge in [-0.2, -0.15) is 13.2 Å². The average molecular weight is 429 g/mol. The molecule has 0 aliphatic carbocycles. The number of ether oxygens (including phenoxy) is 1. The number of halogens is 3. The van der Waals surface area contributed by atoms with Gasteiger partial charge in [0.05, 0.1) is 22.5 Å². The molecule has 0 fully saturated rings. The number of alkyl halides is 3. The van der Waals surface area contributed by atoms with E-state index in [4.69, 9.17) is 4.74 Å². The van der Waals surface area contributed by atoms with E-state index in [2.05, 4.69) is 0 Å². The van der Waals surface area contributed by atoms with E-state index in [0.29, 0.717) is 11.4 Å². The van der Waals surface area contributed by atoms with Crippen LogP contribution in [0.3, 0.4) is 0 Å². The molecule has 0 bridgehead atoms. The molecule has 0 atom stereocenters. The van der Waals surface area contributed by atoms with Gasteiger partial charge >= 0.3 is 12.1 Å². The number of nitrogens with zero attached hydrogens (tertiary/aromatic N) is 1. The zero-order valence-corrected chi connectivity index (χ0v) is 16.2. The molecule has 0 radical (unpaired) electrons. The number of para-hydroxylation sites is 2. The summed E-state index contributed by atoms with van der Waals surface area (Å²) in [5, 5.41) is 0. The van der Waals surface area contributed by atoms with Crippen molar-refractivity contribution in [2.24, 2.45) is 0 Å². The number of carbonyl (C=O) groups is 2. The fraction of sp³-hybridized carbons (Fsp3) is 0.0909. The molecule has 0 saturated heterocycles. The van der Waals surface area contributed by atoms with Gasteiger partial charge in [0.1, 0.15) is 0 Å². The van der Waals surface area contributed by atoms with Gasteiger partial charge < -0.3 is 4.74 Å². The van der Waals surface area contributed by atoms with Gasteiger partial charge in [-0.05, 0) is 36.4 Å². The van der Waals surface area contributed by atoms with Crippen LogP contribution >= 0.6 is 11.8 Å². The number of hydrogen-bond donors (Lipinski definition) is 0. The molecule has 152 valence electrons. The molecular weight excluding hydrogens is 415 g/mol. The molecule has 4 nitrogen and oxygen atoms in total. The SMILES string of the molecule is O=C(OCC(=O)N1c2ccccc2Sc2ccccc21)c1ccccc1C(F)(F)F. The fourth-order valence-corrected chi connectivity index (χ4v) is 4.21. The van der Waals surface area contributed by atoms with Gasteiger partial charge in [0.25, 0.3) is 5.91 Å². The summed E-state index contributed by atoms with van der Waals surface area (Å²) in [7, 11) is 0. The Morgan fingerprint density at radius 3 is 1.97 bits per heavy atom. The van der Waals surface area contributed by atoms with Crippen molar-refractivity contribution in [3.8, 4) is 0 Å². The third kappa shape index (κ3) is 3.78. The minimum Gasteiger partial charge on any atom is -0.452 e. The van der Waals surface area contributed by atoms with E-state index in [1.807, 2.05) is 24.3 Å². The van der Waals surface area contributed by atoms with Gasteiger partial charge in [-0.25, -0.2) is 4.79 Å². The van der Waals surface area contributed by atoms with E-state index < -0.39 is 35.8 Å². The van der Waals surface area contributed by atoms with Gasteiger partial charge in [0.2, 0.25) is 0 Å². The van der Waals surface area contributed by atoms with E-state index in [1.165, 1.54) is 28.8 Å². The molecule has 0 aromatic heterocycles. The van der Waals surface area contributed by atoms with Gasteiger partial charge in [0, 0.05) is 9.79 Å². The van der Waals surface area contributed by atoms with Crippen LogP contribution in [0.5, 0.6) is 0 Å². The Morgan fingerprint density at radius 2 is 1.37 bits per heavy atom. The van der Waals surface area contributed by atoms with E-state index in [9.17, 15) is 22.8 Å². The van der Waals surface area contributed by atoms with Crippen LogP contribution < -0.4 is 4.90 Å². The second-order valence-electron chi connectivity index (χ2n) is 6.39. The molecule has 3 aromatic carbocycles. The van der Waals surface area contributed by atoms with Crippen LogP contribution in [-0.2, 0) is 15.7 Å². The van der Waals surface area contributed by atoms with Crippen LogP contribution in [0.1, 0.15) is 15.9 Å². The molecular formula is C22H14F3NO3S. The van der Waals surface area contributed by atoms with E-state index in [0.717, 1.165) is 21.9 Å². The van der Waals surface area contributed by atoms with Gasteiger partial charge in [-0.15, -0.1) is 0 Å². The van der Waals surface area contributed by atoms with Gasteiger partial charge in [-0.3, -0.25) is 9.69 Å². The number of amides is 1. The Hall–Kier alpha value is -3.26. The lowest BCUT2D eigenvalue weighted by atomic mass is 10.1. The molecule has 3 aromatic rings. The van der Waals surface area contributed by atoms with Crippen LogP contribution in [0.4, 0.5) is 24.5 Å². The predicted octanol–water partition coefficient (Wildman–Crippen LogP) is 5.69. The smallest absolute Gasteiger partial charge is 0.417 e. The summed E-state index contributed by atoms with van der Waals surface area (Å²) < 4.78 is 44.4. The second kappa shape index (κ2) is 7.87. The highest BCUT2D eigenvalue weighted by Crippen LogP contribution is 2.47. The predicted molar refractivity (Wildman–Crippen MR) is 106 cm³/mol. The van der Waals surface area contributed by atoms with Crippen LogP contribution in [-0.4, -0.2) is 18.5 Å². The summed E-state index contributed by atoms with van der Waals surface area (Å²) in [5.41, 5.74) is -0.490. The molecule has 30 heavy (non-hydrogen) atoms. The van der Waals surface area contributed by atoms with E-state index in [1.54, 1.807) is 24.3 Å². The fourth-order valence-electron chi connectivity index (χ4n) is 3.15.